The van der Waals surface area contributed by atoms with Crippen LogP contribution in [0.15, 0.2) is 65.7 Å². The van der Waals surface area contributed by atoms with E-state index in [-0.39, 0.29) is 0 Å². The summed E-state index contributed by atoms with van der Waals surface area (Å²) >= 11 is 0. The van der Waals surface area contributed by atoms with E-state index in [1.54, 1.807) is 14.1 Å². The Labute approximate surface area is 116 Å². The van der Waals surface area contributed by atoms with Gasteiger partial charge in [0.1, 0.15) is 0 Å². The molecule has 0 amide bonds. The number of benzene rings is 2. The first-order valence-corrected chi connectivity index (χ1v) is 6.10. The number of nitrogens with two attached hydrogens (primary N) is 1. The second-order valence-corrected chi connectivity index (χ2v) is 3.74. The number of aliphatic imine (C=N–C) groups is 1. The number of nitrogens with zero attached hydrogens (tertiary/aromatic N) is 1. The molecular weight excluding hydrogens is 234 g/mol. The Morgan fingerprint density at radius 1 is 0.947 bits per heavy atom. The summed E-state index contributed by atoms with van der Waals surface area (Å²) in [5.74, 6) is 4.60. The molecule has 0 radical (unpaired) electrons. The highest BCUT2D eigenvalue weighted by molar-refractivity contribution is 5.79. The highest BCUT2D eigenvalue weighted by Gasteiger charge is 1.78. The molecule has 3 heteroatoms. The van der Waals surface area contributed by atoms with Crippen LogP contribution in [0.2, 0.25) is 0 Å². The van der Waals surface area contributed by atoms with Crippen molar-refractivity contribution in [1.82, 2.24) is 5.43 Å². The van der Waals surface area contributed by atoms with Crippen LogP contribution >= 0.6 is 0 Å². The van der Waals surface area contributed by atoms with Gasteiger partial charge < -0.3 is 0 Å². The van der Waals surface area contributed by atoms with Crippen molar-refractivity contribution in [3.05, 3.63) is 71.8 Å². The van der Waals surface area contributed by atoms with Gasteiger partial charge >= 0.3 is 0 Å². The Bertz CT molecular complexity index is 424. The normalized spacial score (nSPS) is 9.05. The molecule has 3 nitrogen and oxygen atoms in total. The second kappa shape index (κ2) is 12.5. The SMILES string of the molecule is CN=Cc1ccccc1.CNN.Cc1ccccc1. The molecule has 19 heavy (non-hydrogen) atoms. The molecule has 0 saturated heterocycles. The van der Waals surface area contributed by atoms with Gasteiger partial charge in [0.25, 0.3) is 0 Å². The topological polar surface area (TPSA) is 50.4 Å². The van der Waals surface area contributed by atoms with E-state index in [0.717, 1.165) is 5.56 Å². The van der Waals surface area contributed by atoms with Crippen molar-refractivity contribution in [2.75, 3.05) is 14.1 Å². The number of hydrogen-bond acceptors (Lipinski definition) is 3. The molecule has 0 saturated carbocycles. The predicted octanol–water partition coefficient (Wildman–Crippen LogP) is 2.81. The van der Waals surface area contributed by atoms with Crippen molar-refractivity contribution in [2.24, 2.45) is 10.8 Å². The summed E-state index contributed by atoms with van der Waals surface area (Å²) in [6, 6.07) is 20.3. The van der Waals surface area contributed by atoms with E-state index >= 15 is 0 Å². The third kappa shape index (κ3) is 10.9. The number of hydrogen-bond donors (Lipinski definition) is 2. The Balaban J connectivity index is 0.000000289. The lowest BCUT2D eigenvalue weighted by Gasteiger charge is -1.86. The molecule has 2 aromatic carbocycles. The van der Waals surface area contributed by atoms with Crippen molar-refractivity contribution in [1.29, 1.82) is 0 Å². The average Bonchev–Trinajstić information content (AvgIpc) is 2.43. The monoisotopic (exact) mass is 257 g/mol. The predicted molar refractivity (Wildman–Crippen MR) is 84.4 cm³/mol. The molecule has 0 spiro atoms. The zero-order chi connectivity index (χ0) is 14.3. The van der Waals surface area contributed by atoms with Crippen molar-refractivity contribution in [3.63, 3.8) is 0 Å². The maximum atomic E-state index is 4.60. The number of hydrazine groups is 1. The van der Waals surface area contributed by atoms with Crippen LogP contribution in [0.25, 0.3) is 0 Å². The molecule has 2 aromatic rings. The van der Waals surface area contributed by atoms with Gasteiger partial charge in [0.2, 0.25) is 0 Å². The molecule has 0 heterocycles. The van der Waals surface area contributed by atoms with Crippen LogP contribution in [0, 0.1) is 6.92 Å². The minimum absolute atomic E-state index is 1.15. The molecule has 0 aliphatic rings. The molecule has 0 fully saturated rings. The smallest absolute Gasteiger partial charge is 0.0281 e. The third-order valence-electron chi connectivity index (χ3n) is 2.02. The quantitative estimate of drug-likeness (QED) is 0.469. The Kier molecular flexibility index (Phi) is 11.2. The fraction of sp³-hybridized carbons (Fsp3) is 0.188. The minimum Gasteiger partial charge on any atom is -0.296 e. The molecule has 3 N–H and O–H groups in total. The first kappa shape index (κ1) is 17.0. The summed E-state index contributed by atoms with van der Waals surface area (Å²) in [4.78, 5) is 3.88. The summed E-state index contributed by atoms with van der Waals surface area (Å²) in [6.07, 6.45) is 1.83. The van der Waals surface area contributed by atoms with Crippen LogP contribution in [0.5, 0.6) is 0 Å². The Morgan fingerprint density at radius 3 is 1.68 bits per heavy atom. The van der Waals surface area contributed by atoms with Gasteiger partial charge in [-0.25, -0.2) is 0 Å². The molecule has 0 aliphatic carbocycles. The Hall–Kier alpha value is -1.97. The van der Waals surface area contributed by atoms with Gasteiger partial charge in [0.15, 0.2) is 0 Å². The van der Waals surface area contributed by atoms with Gasteiger partial charge in [0, 0.05) is 13.3 Å². The molecule has 0 aliphatic heterocycles. The van der Waals surface area contributed by atoms with Gasteiger partial charge in [-0.1, -0.05) is 66.2 Å². The van der Waals surface area contributed by atoms with Gasteiger partial charge in [-0.3, -0.25) is 16.3 Å². The average molecular weight is 257 g/mol. The van der Waals surface area contributed by atoms with Crippen LogP contribution in [-0.2, 0) is 0 Å². The van der Waals surface area contributed by atoms with E-state index in [1.165, 1.54) is 5.56 Å². The first-order chi connectivity index (χ1) is 9.24. The molecule has 0 atom stereocenters. The fourth-order valence-corrected chi connectivity index (χ4v) is 1.22. The summed E-state index contributed by atoms with van der Waals surface area (Å²) in [5.41, 5.74) is 4.72. The summed E-state index contributed by atoms with van der Waals surface area (Å²) in [6.45, 7) is 2.08. The first-order valence-electron chi connectivity index (χ1n) is 6.10. The zero-order valence-corrected chi connectivity index (χ0v) is 11.9. The molecule has 2 rings (SSSR count). The second-order valence-electron chi connectivity index (χ2n) is 3.74. The lowest BCUT2D eigenvalue weighted by molar-refractivity contribution is 0.900. The minimum atomic E-state index is 1.15. The van der Waals surface area contributed by atoms with E-state index in [1.807, 2.05) is 54.7 Å². The summed E-state index contributed by atoms with van der Waals surface area (Å²) in [5, 5.41) is 0. The lowest BCUT2D eigenvalue weighted by Crippen LogP contribution is -2.13. The van der Waals surface area contributed by atoms with Gasteiger partial charge in [0.05, 0.1) is 0 Å². The summed E-state index contributed by atoms with van der Waals surface area (Å²) < 4.78 is 0. The standard InChI is InChI=1S/C8H9N.C7H8.CH6N2/c1-9-7-8-5-3-2-4-6-8;1-7-5-3-2-4-6-7;1-3-2/h2-7H,1H3;2-6H,1H3;3H,2H2,1H3. The van der Waals surface area contributed by atoms with Crippen molar-refractivity contribution in [3.8, 4) is 0 Å². The largest absolute Gasteiger partial charge is 0.296 e. The third-order valence-corrected chi connectivity index (χ3v) is 2.02. The van der Waals surface area contributed by atoms with Crippen LogP contribution in [0.1, 0.15) is 11.1 Å². The van der Waals surface area contributed by atoms with E-state index in [4.69, 9.17) is 0 Å². The van der Waals surface area contributed by atoms with Gasteiger partial charge in [-0.05, 0) is 19.5 Å². The molecule has 0 bridgehead atoms. The number of rotatable bonds is 1. The Morgan fingerprint density at radius 2 is 1.37 bits per heavy atom. The highest BCUT2D eigenvalue weighted by Crippen LogP contribution is 1.93. The van der Waals surface area contributed by atoms with Crippen LogP contribution in [0.3, 0.4) is 0 Å². The number of aryl methyl sites for hydroxylation is 1. The highest BCUT2D eigenvalue weighted by atomic mass is 15.2. The maximum absolute atomic E-state index is 4.60. The van der Waals surface area contributed by atoms with Crippen LogP contribution in [-0.4, -0.2) is 20.3 Å². The van der Waals surface area contributed by atoms with E-state index in [9.17, 15) is 0 Å². The molecule has 0 aromatic heterocycles. The summed E-state index contributed by atoms with van der Waals surface area (Å²) in [7, 11) is 3.42. The van der Waals surface area contributed by atoms with E-state index < -0.39 is 0 Å². The van der Waals surface area contributed by atoms with Gasteiger partial charge in [-0.2, -0.15) is 0 Å². The van der Waals surface area contributed by atoms with E-state index in [0.29, 0.717) is 0 Å². The van der Waals surface area contributed by atoms with Crippen molar-refractivity contribution < 1.29 is 0 Å². The van der Waals surface area contributed by atoms with E-state index in [2.05, 4.69) is 35.3 Å². The number of nitrogens with one attached hydrogen (secondary N) is 1. The molecular formula is C16H23N3. The van der Waals surface area contributed by atoms with Crippen LogP contribution in [0.4, 0.5) is 0 Å². The molecule has 102 valence electrons. The molecule has 0 unspecified atom stereocenters. The maximum Gasteiger partial charge on any atom is 0.0281 e. The fourth-order valence-electron chi connectivity index (χ4n) is 1.22. The zero-order valence-electron chi connectivity index (χ0n) is 11.9. The van der Waals surface area contributed by atoms with Crippen molar-refractivity contribution >= 4 is 6.21 Å². The van der Waals surface area contributed by atoms with Crippen LogP contribution < -0.4 is 11.3 Å². The van der Waals surface area contributed by atoms with Gasteiger partial charge in [-0.15, -0.1) is 0 Å². The van der Waals surface area contributed by atoms with Crippen molar-refractivity contribution in [2.45, 2.75) is 6.92 Å². The lowest BCUT2D eigenvalue weighted by atomic mass is 10.2.